The van der Waals surface area contributed by atoms with Gasteiger partial charge < -0.3 is 15.1 Å². The molecule has 0 bridgehead atoms. The van der Waals surface area contributed by atoms with Crippen LogP contribution < -0.4 is 16.0 Å². The van der Waals surface area contributed by atoms with Crippen LogP contribution in [0.2, 0.25) is 0 Å². The summed E-state index contributed by atoms with van der Waals surface area (Å²) < 4.78 is 19.3. The van der Waals surface area contributed by atoms with Crippen molar-refractivity contribution in [1.29, 1.82) is 0 Å². The number of hydrogen-bond acceptors (Lipinski definition) is 4. The third kappa shape index (κ3) is 2.70. The van der Waals surface area contributed by atoms with Crippen LogP contribution in [0.1, 0.15) is 28.6 Å². The molecule has 2 heterocycles. The van der Waals surface area contributed by atoms with Crippen molar-refractivity contribution in [2.24, 2.45) is 0 Å². The fourth-order valence-corrected chi connectivity index (χ4v) is 3.27. The molecule has 3 aromatic rings. The van der Waals surface area contributed by atoms with Gasteiger partial charge in [0.05, 0.1) is 0 Å². The first-order valence-corrected chi connectivity index (χ1v) is 8.52. The van der Waals surface area contributed by atoms with Crippen LogP contribution in [0.4, 0.5) is 14.9 Å². The third-order valence-electron chi connectivity index (χ3n) is 4.86. The van der Waals surface area contributed by atoms with Crippen molar-refractivity contribution in [3.63, 3.8) is 0 Å². The number of nitrogens with one attached hydrogen (secondary N) is 3. The molecule has 1 aromatic heterocycles. The van der Waals surface area contributed by atoms with E-state index < -0.39 is 29.2 Å². The Kier molecular flexibility index (Phi) is 3.92. The molecule has 1 saturated heterocycles. The van der Waals surface area contributed by atoms with E-state index in [1.54, 1.807) is 50.2 Å². The van der Waals surface area contributed by atoms with Gasteiger partial charge in [-0.15, -0.1) is 0 Å². The highest BCUT2D eigenvalue weighted by atomic mass is 19.1. The number of furan rings is 1. The Morgan fingerprint density at radius 1 is 1.18 bits per heavy atom. The molecule has 1 fully saturated rings. The fourth-order valence-electron chi connectivity index (χ4n) is 3.27. The maximum atomic E-state index is 13.9. The summed E-state index contributed by atoms with van der Waals surface area (Å²) in [5.41, 5.74) is 0.212. The predicted octanol–water partition coefficient (Wildman–Crippen LogP) is 3.19. The van der Waals surface area contributed by atoms with Crippen LogP contribution in [0.15, 0.2) is 46.9 Å². The number of hydrogen-bond donors (Lipinski definition) is 3. The van der Waals surface area contributed by atoms with E-state index in [-0.39, 0.29) is 11.3 Å². The molecular weight excluding hydrogens is 365 g/mol. The van der Waals surface area contributed by atoms with Crippen molar-refractivity contribution in [2.45, 2.75) is 19.4 Å². The third-order valence-corrected chi connectivity index (χ3v) is 4.86. The molecule has 1 aliphatic heterocycles. The van der Waals surface area contributed by atoms with Gasteiger partial charge in [0.1, 0.15) is 5.54 Å². The molecule has 0 radical (unpaired) electrons. The SMILES string of the molecule is Cc1c(C(=O)Nc2cccc([C@@]3(C)NC(=O)NC3=O)c2)oc2c(F)cccc12. The molecule has 142 valence electrons. The van der Waals surface area contributed by atoms with E-state index in [0.29, 0.717) is 22.2 Å². The average Bonchev–Trinajstić information content (AvgIpc) is 3.13. The zero-order valence-corrected chi connectivity index (χ0v) is 15.1. The molecule has 1 atom stereocenters. The molecule has 4 rings (SSSR count). The Bertz CT molecular complexity index is 1150. The highest BCUT2D eigenvalue weighted by Crippen LogP contribution is 2.29. The van der Waals surface area contributed by atoms with E-state index in [2.05, 4.69) is 16.0 Å². The van der Waals surface area contributed by atoms with E-state index in [0.717, 1.165) is 0 Å². The number of amides is 4. The van der Waals surface area contributed by atoms with Crippen LogP contribution >= 0.6 is 0 Å². The van der Waals surface area contributed by atoms with Gasteiger partial charge in [-0.2, -0.15) is 0 Å². The van der Waals surface area contributed by atoms with E-state index in [9.17, 15) is 18.8 Å². The van der Waals surface area contributed by atoms with Gasteiger partial charge in [0.15, 0.2) is 17.2 Å². The quantitative estimate of drug-likeness (QED) is 0.607. The van der Waals surface area contributed by atoms with Crippen molar-refractivity contribution in [3.8, 4) is 0 Å². The lowest BCUT2D eigenvalue weighted by Crippen LogP contribution is -2.40. The Hall–Kier alpha value is -3.68. The van der Waals surface area contributed by atoms with Crippen LogP contribution in [0, 0.1) is 12.7 Å². The lowest BCUT2D eigenvalue weighted by atomic mass is 9.92. The summed E-state index contributed by atoms with van der Waals surface area (Å²) >= 11 is 0. The standard InChI is InChI=1S/C20H16FN3O4/c1-10-13-7-4-8-14(21)16(13)28-15(10)17(25)22-12-6-3-5-11(9-12)20(2)18(26)23-19(27)24-20/h3-9H,1-2H3,(H,22,25)(H2,23,24,26,27)/t20-/m1/s1. The number of anilines is 1. The molecule has 3 N–H and O–H groups in total. The molecule has 28 heavy (non-hydrogen) atoms. The molecule has 4 amide bonds. The summed E-state index contributed by atoms with van der Waals surface area (Å²) in [5.74, 6) is -1.57. The molecule has 2 aromatic carbocycles. The number of para-hydroxylation sites is 1. The van der Waals surface area contributed by atoms with Gasteiger partial charge in [0.2, 0.25) is 0 Å². The Morgan fingerprint density at radius 2 is 1.93 bits per heavy atom. The Labute approximate surface area is 158 Å². The number of aryl methyl sites for hydroxylation is 1. The summed E-state index contributed by atoms with van der Waals surface area (Å²) in [6, 6.07) is 10.4. The molecule has 8 heteroatoms. The van der Waals surface area contributed by atoms with Gasteiger partial charge in [-0.05, 0) is 37.6 Å². The number of halogens is 1. The Morgan fingerprint density at radius 3 is 2.61 bits per heavy atom. The lowest BCUT2D eigenvalue weighted by Gasteiger charge is -2.21. The number of carbonyl (C=O) groups excluding carboxylic acids is 3. The van der Waals surface area contributed by atoms with Crippen LogP contribution in [0.5, 0.6) is 0 Å². The van der Waals surface area contributed by atoms with Crippen molar-refractivity contribution in [1.82, 2.24) is 10.6 Å². The molecule has 0 spiro atoms. The van der Waals surface area contributed by atoms with Gasteiger partial charge in [0.25, 0.3) is 11.8 Å². The first kappa shape index (κ1) is 17.7. The van der Waals surface area contributed by atoms with E-state index in [4.69, 9.17) is 4.42 Å². The van der Waals surface area contributed by atoms with Crippen LogP contribution in [-0.4, -0.2) is 17.8 Å². The fraction of sp³-hybridized carbons (Fsp3) is 0.150. The highest BCUT2D eigenvalue weighted by Gasteiger charge is 2.43. The molecule has 7 nitrogen and oxygen atoms in total. The second kappa shape index (κ2) is 6.19. The molecular formula is C20H16FN3O4. The number of imide groups is 1. The van der Waals surface area contributed by atoms with E-state index in [1.165, 1.54) is 6.07 Å². The van der Waals surface area contributed by atoms with Gasteiger partial charge in [-0.3, -0.25) is 14.9 Å². The topological polar surface area (TPSA) is 100 Å². The largest absolute Gasteiger partial charge is 0.448 e. The second-order valence-electron chi connectivity index (χ2n) is 6.74. The summed E-state index contributed by atoms with van der Waals surface area (Å²) in [7, 11) is 0. The van der Waals surface area contributed by atoms with Crippen LogP contribution in [0.3, 0.4) is 0 Å². The van der Waals surface area contributed by atoms with E-state index >= 15 is 0 Å². The van der Waals surface area contributed by atoms with Crippen LogP contribution in [-0.2, 0) is 10.3 Å². The lowest BCUT2D eigenvalue weighted by molar-refractivity contribution is -0.123. The minimum absolute atomic E-state index is 0.00336. The summed E-state index contributed by atoms with van der Waals surface area (Å²) in [6.07, 6.45) is 0. The monoisotopic (exact) mass is 381 g/mol. The minimum Gasteiger partial charge on any atom is -0.448 e. The molecule has 0 aliphatic carbocycles. The number of rotatable bonds is 3. The second-order valence-corrected chi connectivity index (χ2v) is 6.74. The zero-order chi connectivity index (χ0) is 20.1. The van der Waals surface area contributed by atoms with Gasteiger partial charge in [-0.1, -0.05) is 24.3 Å². The minimum atomic E-state index is -1.24. The van der Waals surface area contributed by atoms with Gasteiger partial charge in [0, 0.05) is 16.6 Å². The average molecular weight is 381 g/mol. The van der Waals surface area contributed by atoms with Crippen LogP contribution in [0.25, 0.3) is 11.0 Å². The maximum Gasteiger partial charge on any atom is 0.322 e. The highest BCUT2D eigenvalue weighted by molar-refractivity contribution is 6.08. The normalized spacial score (nSPS) is 18.8. The first-order chi connectivity index (χ1) is 13.3. The van der Waals surface area contributed by atoms with Crippen molar-refractivity contribution >= 4 is 34.5 Å². The van der Waals surface area contributed by atoms with Crippen molar-refractivity contribution < 1.29 is 23.2 Å². The van der Waals surface area contributed by atoms with Gasteiger partial charge >= 0.3 is 6.03 Å². The number of benzene rings is 2. The number of carbonyl (C=O) groups is 3. The first-order valence-electron chi connectivity index (χ1n) is 8.52. The summed E-state index contributed by atoms with van der Waals surface area (Å²) in [4.78, 5) is 36.3. The Balaban J connectivity index is 1.65. The predicted molar refractivity (Wildman–Crippen MR) is 99.3 cm³/mol. The van der Waals surface area contributed by atoms with E-state index in [1.807, 2.05) is 0 Å². The molecule has 0 unspecified atom stereocenters. The van der Waals surface area contributed by atoms with Gasteiger partial charge in [-0.25, -0.2) is 9.18 Å². The smallest absolute Gasteiger partial charge is 0.322 e. The number of urea groups is 1. The van der Waals surface area contributed by atoms with Crippen molar-refractivity contribution in [3.05, 3.63) is 65.2 Å². The summed E-state index contributed by atoms with van der Waals surface area (Å²) in [6.45, 7) is 3.25. The number of fused-ring (bicyclic) bond motifs is 1. The summed E-state index contributed by atoms with van der Waals surface area (Å²) in [5, 5.41) is 7.97. The molecule has 0 saturated carbocycles. The molecule has 1 aliphatic rings. The van der Waals surface area contributed by atoms with Crippen molar-refractivity contribution in [2.75, 3.05) is 5.32 Å². The zero-order valence-electron chi connectivity index (χ0n) is 15.1. The maximum absolute atomic E-state index is 13.9.